The minimum absolute atomic E-state index is 0. The quantitative estimate of drug-likeness (QED) is 0.282. The van der Waals surface area contributed by atoms with Crippen molar-refractivity contribution in [1.82, 2.24) is 16.0 Å². The number of guanidine groups is 1. The van der Waals surface area contributed by atoms with Crippen LogP contribution in [-0.2, 0) is 4.79 Å². The number of rotatable bonds is 8. The predicted molar refractivity (Wildman–Crippen MR) is 128 cm³/mol. The Kier molecular flexibility index (Phi) is 9.75. The van der Waals surface area contributed by atoms with Gasteiger partial charge in [0.05, 0.1) is 24.6 Å². The van der Waals surface area contributed by atoms with Crippen LogP contribution in [0, 0.1) is 5.41 Å². The number of hydrogen-bond donors (Lipinski definition) is 3. The molecule has 2 aromatic rings. The summed E-state index contributed by atoms with van der Waals surface area (Å²) in [7, 11) is 1.64. The predicted octanol–water partition coefficient (Wildman–Crippen LogP) is 3.84. The van der Waals surface area contributed by atoms with Gasteiger partial charge in [-0.3, -0.25) is 9.79 Å². The summed E-state index contributed by atoms with van der Waals surface area (Å²) in [6.07, 6.45) is 0. The Morgan fingerprint density at radius 3 is 2.66 bits per heavy atom. The number of aliphatic imine (C=N–C) groups is 1. The molecule has 1 aromatic heterocycles. The van der Waals surface area contributed by atoms with Crippen molar-refractivity contribution in [2.45, 2.75) is 40.7 Å². The van der Waals surface area contributed by atoms with Crippen LogP contribution in [0.25, 0.3) is 11.0 Å². The third-order valence-electron chi connectivity index (χ3n) is 4.43. The standard InChI is InChI=1S/C21H32N4O3.HI/c1-7-23-20(24-13-21(4,5)19(26)22-6)25-14(3)17-12-15-10-9-11-16(27-8-2)18(15)28-17;/h9-12,14H,7-8,13H2,1-6H3,(H,22,26)(H2,23,24,25);1H. The summed E-state index contributed by atoms with van der Waals surface area (Å²) < 4.78 is 11.7. The van der Waals surface area contributed by atoms with Crippen LogP contribution in [0.4, 0.5) is 0 Å². The first kappa shape index (κ1) is 25.1. The molecular formula is C21H33IN4O3. The fraction of sp³-hybridized carbons (Fsp3) is 0.524. The lowest BCUT2D eigenvalue weighted by Gasteiger charge is -2.22. The van der Waals surface area contributed by atoms with Crippen molar-refractivity contribution in [3.63, 3.8) is 0 Å². The lowest BCUT2D eigenvalue weighted by molar-refractivity contribution is -0.128. The first-order valence-corrected chi connectivity index (χ1v) is 9.74. The molecule has 0 spiro atoms. The third kappa shape index (κ3) is 6.52. The molecule has 2 rings (SSSR count). The van der Waals surface area contributed by atoms with Crippen LogP contribution in [0.2, 0.25) is 0 Å². The summed E-state index contributed by atoms with van der Waals surface area (Å²) in [5.74, 6) is 2.13. The summed E-state index contributed by atoms with van der Waals surface area (Å²) in [4.78, 5) is 16.6. The van der Waals surface area contributed by atoms with Gasteiger partial charge < -0.3 is 25.1 Å². The van der Waals surface area contributed by atoms with Gasteiger partial charge in [0.15, 0.2) is 17.3 Å². The van der Waals surface area contributed by atoms with Crippen LogP contribution in [0.1, 0.15) is 46.4 Å². The summed E-state index contributed by atoms with van der Waals surface area (Å²) in [6, 6.07) is 7.76. The highest BCUT2D eigenvalue weighted by molar-refractivity contribution is 14.0. The monoisotopic (exact) mass is 516 g/mol. The second kappa shape index (κ2) is 11.3. The van der Waals surface area contributed by atoms with E-state index in [0.29, 0.717) is 25.7 Å². The largest absolute Gasteiger partial charge is 0.490 e. The van der Waals surface area contributed by atoms with Gasteiger partial charge in [0.2, 0.25) is 5.91 Å². The molecule has 29 heavy (non-hydrogen) atoms. The fourth-order valence-electron chi connectivity index (χ4n) is 2.82. The van der Waals surface area contributed by atoms with Gasteiger partial charge in [-0.2, -0.15) is 0 Å². The minimum Gasteiger partial charge on any atom is -0.490 e. The van der Waals surface area contributed by atoms with Crippen LogP contribution < -0.4 is 20.7 Å². The molecule has 1 amide bonds. The molecule has 3 N–H and O–H groups in total. The number of hydrogen-bond acceptors (Lipinski definition) is 4. The first-order valence-electron chi connectivity index (χ1n) is 9.74. The fourth-order valence-corrected chi connectivity index (χ4v) is 2.82. The Morgan fingerprint density at radius 1 is 1.31 bits per heavy atom. The highest BCUT2D eigenvalue weighted by Crippen LogP contribution is 2.31. The summed E-state index contributed by atoms with van der Waals surface area (Å²) >= 11 is 0. The van der Waals surface area contributed by atoms with Crippen LogP contribution >= 0.6 is 24.0 Å². The Bertz CT molecular complexity index is 832. The van der Waals surface area contributed by atoms with Gasteiger partial charge in [-0.1, -0.05) is 12.1 Å². The Morgan fingerprint density at radius 2 is 2.03 bits per heavy atom. The SMILES string of the molecule is CCNC(=NCC(C)(C)C(=O)NC)NC(C)c1cc2cccc(OCC)c2o1.I. The normalized spacial score (nSPS) is 12.8. The van der Waals surface area contributed by atoms with Crippen LogP contribution in [0.3, 0.4) is 0 Å². The van der Waals surface area contributed by atoms with E-state index in [-0.39, 0.29) is 35.9 Å². The van der Waals surface area contributed by atoms with Gasteiger partial charge in [-0.15, -0.1) is 24.0 Å². The average Bonchev–Trinajstić information content (AvgIpc) is 3.11. The molecule has 162 valence electrons. The Balaban J connectivity index is 0.00000420. The second-order valence-corrected chi connectivity index (χ2v) is 7.28. The molecule has 0 bridgehead atoms. The molecule has 0 saturated heterocycles. The number of para-hydroxylation sites is 1. The van der Waals surface area contributed by atoms with Gasteiger partial charge in [0.25, 0.3) is 0 Å². The van der Waals surface area contributed by atoms with Crippen molar-refractivity contribution >= 4 is 46.8 Å². The van der Waals surface area contributed by atoms with Crippen molar-refractivity contribution in [3.05, 3.63) is 30.0 Å². The summed E-state index contributed by atoms with van der Waals surface area (Å²) in [5, 5.41) is 10.2. The van der Waals surface area contributed by atoms with E-state index in [1.54, 1.807) is 7.05 Å². The zero-order valence-electron chi connectivity index (χ0n) is 18.1. The van der Waals surface area contributed by atoms with E-state index in [1.165, 1.54) is 0 Å². The lowest BCUT2D eigenvalue weighted by atomic mass is 9.93. The molecule has 0 fully saturated rings. The van der Waals surface area contributed by atoms with Crippen LogP contribution in [0.15, 0.2) is 33.7 Å². The minimum atomic E-state index is -0.591. The molecule has 0 saturated carbocycles. The van der Waals surface area contributed by atoms with Crippen molar-refractivity contribution in [2.75, 3.05) is 26.7 Å². The van der Waals surface area contributed by atoms with E-state index in [1.807, 2.05) is 58.9 Å². The first-order chi connectivity index (χ1) is 13.3. The van der Waals surface area contributed by atoms with Crippen molar-refractivity contribution in [1.29, 1.82) is 0 Å². The topological polar surface area (TPSA) is 87.9 Å². The molecular weight excluding hydrogens is 483 g/mol. The van der Waals surface area contributed by atoms with Gasteiger partial charge in [-0.05, 0) is 46.8 Å². The van der Waals surface area contributed by atoms with Gasteiger partial charge >= 0.3 is 0 Å². The smallest absolute Gasteiger partial charge is 0.227 e. The van der Waals surface area contributed by atoms with Crippen molar-refractivity contribution < 1.29 is 13.9 Å². The number of benzene rings is 1. The van der Waals surface area contributed by atoms with Crippen LogP contribution in [-0.4, -0.2) is 38.6 Å². The van der Waals surface area contributed by atoms with Crippen LogP contribution in [0.5, 0.6) is 5.75 Å². The van der Waals surface area contributed by atoms with E-state index < -0.39 is 5.41 Å². The number of furan rings is 1. The Labute approximate surface area is 190 Å². The van der Waals surface area contributed by atoms with E-state index in [4.69, 9.17) is 9.15 Å². The Hall–Kier alpha value is -1.97. The molecule has 1 aromatic carbocycles. The number of amides is 1. The second-order valence-electron chi connectivity index (χ2n) is 7.28. The average molecular weight is 516 g/mol. The number of halogens is 1. The molecule has 0 aliphatic rings. The maximum atomic E-state index is 12.0. The highest BCUT2D eigenvalue weighted by Gasteiger charge is 2.26. The number of ether oxygens (including phenoxy) is 1. The third-order valence-corrected chi connectivity index (χ3v) is 4.43. The molecule has 0 radical (unpaired) electrons. The van der Waals surface area contributed by atoms with Gasteiger partial charge in [0, 0.05) is 19.0 Å². The van der Waals surface area contributed by atoms with Gasteiger partial charge in [-0.25, -0.2) is 0 Å². The number of carbonyl (C=O) groups excluding carboxylic acids is 1. The van der Waals surface area contributed by atoms with E-state index in [2.05, 4.69) is 20.9 Å². The number of carbonyl (C=O) groups is 1. The number of nitrogens with zero attached hydrogens (tertiary/aromatic N) is 1. The number of nitrogens with one attached hydrogen (secondary N) is 3. The molecule has 1 atom stereocenters. The maximum Gasteiger partial charge on any atom is 0.227 e. The molecule has 1 unspecified atom stereocenters. The number of fused-ring (bicyclic) bond motifs is 1. The van der Waals surface area contributed by atoms with E-state index in [0.717, 1.165) is 22.5 Å². The molecule has 0 aliphatic carbocycles. The maximum absolute atomic E-state index is 12.0. The molecule has 8 heteroatoms. The van der Waals surface area contributed by atoms with Crippen molar-refractivity contribution in [2.24, 2.45) is 10.4 Å². The zero-order valence-corrected chi connectivity index (χ0v) is 20.4. The van der Waals surface area contributed by atoms with E-state index in [9.17, 15) is 4.79 Å². The zero-order chi connectivity index (χ0) is 20.7. The van der Waals surface area contributed by atoms with Crippen molar-refractivity contribution in [3.8, 4) is 5.75 Å². The van der Waals surface area contributed by atoms with Gasteiger partial charge in [0.1, 0.15) is 5.76 Å². The molecule has 1 heterocycles. The van der Waals surface area contributed by atoms with E-state index >= 15 is 0 Å². The summed E-state index contributed by atoms with van der Waals surface area (Å²) in [5.41, 5.74) is 0.155. The summed E-state index contributed by atoms with van der Waals surface area (Å²) in [6.45, 7) is 11.4. The highest BCUT2D eigenvalue weighted by atomic mass is 127. The lowest BCUT2D eigenvalue weighted by Crippen LogP contribution is -2.41. The molecule has 0 aliphatic heterocycles. The molecule has 7 nitrogen and oxygen atoms in total.